The zero-order valence-corrected chi connectivity index (χ0v) is 13.9. The van der Waals surface area contributed by atoms with Crippen molar-refractivity contribution in [3.05, 3.63) is 29.3 Å². The number of ether oxygens (including phenoxy) is 1. The molecule has 1 aliphatic rings. The molecule has 0 radical (unpaired) electrons. The standard InChI is InChI=1S/C18H25NO4/c1-13-6-5-7-14(2)18(13)23-12-16(20)19-11-4-3-8-15(19)9-10-17(21)22/h5-7,15H,3-4,8-12H2,1-2H3,(H,21,22). The predicted octanol–water partition coefficient (Wildman–Crippen LogP) is 2.93. The summed E-state index contributed by atoms with van der Waals surface area (Å²) >= 11 is 0. The van der Waals surface area contributed by atoms with E-state index in [0.717, 1.165) is 36.1 Å². The highest BCUT2D eigenvalue weighted by atomic mass is 16.5. The molecule has 1 N–H and O–H groups in total. The van der Waals surface area contributed by atoms with Crippen LogP contribution in [0.1, 0.15) is 43.2 Å². The fraction of sp³-hybridized carbons (Fsp3) is 0.556. The van der Waals surface area contributed by atoms with Gasteiger partial charge < -0.3 is 14.7 Å². The maximum absolute atomic E-state index is 12.5. The highest BCUT2D eigenvalue weighted by Crippen LogP contribution is 2.24. The van der Waals surface area contributed by atoms with Crippen molar-refractivity contribution < 1.29 is 19.4 Å². The van der Waals surface area contributed by atoms with E-state index in [2.05, 4.69) is 0 Å². The normalized spacial score (nSPS) is 17.8. The van der Waals surface area contributed by atoms with Crippen LogP contribution < -0.4 is 4.74 Å². The van der Waals surface area contributed by atoms with Gasteiger partial charge in [-0.25, -0.2) is 0 Å². The Bertz CT molecular complexity index is 550. The van der Waals surface area contributed by atoms with Gasteiger partial charge in [0.25, 0.3) is 5.91 Å². The van der Waals surface area contributed by atoms with Crippen molar-refractivity contribution in [3.8, 4) is 5.75 Å². The van der Waals surface area contributed by atoms with Gasteiger partial charge in [0.05, 0.1) is 0 Å². The summed E-state index contributed by atoms with van der Waals surface area (Å²) in [7, 11) is 0. The van der Waals surface area contributed by atoms with E-state index < -0.39 is 5.97 Å². The second kappa shape index (κ2) is 7.99. The highest BCUT2D eigenvalue weighted by molar-refractivity contribution is 5.78. The molecule has 0 bridgehead atoms. The van der Waals surface area contributed by atoms with E-state index in [1.807, 2.05) is 32.0 Å². The van der Waals surface area contributed by atoms with E-state index >= 15 is 0 Å². The van der Waals surface area contributed by atoms with Gasteiger partial charge in [-0.15, -0.1) is 0 Å². The van der Waals surface area contributed by atoms with E-state index in [0.29, 0.717) is 13.0 Å². The van der Waals surface area contributed by atoms with Crippen molar-refractivity contribution >= 4 is 11.9 Å². The summed E-state index contributed by atoms with van der Waals surface area (Å²) in [5.41, 5.74) is 2.03. The topological polar surface area (TPSA) is 66.8 Å². The maximum Gasteiger partial charge on any atom is 0.303 e. The van der Waals surface area contributed by atoms with Crippen LogP contribution in [0.25, 0.3) is 0 Å². The van der Waals surface area contributed by atoms with Crippen LogP contribution >= 0.6 is 0 Å². The van der Waals surface area contributed by atoms with Crippen molar-refractivity contribution in [1.82, 2.24) is 4.90 Å². The number of hydrogen-bond acceptors (Lipinski definition) is 3. The van der Waals surface area contributed by atoms with Gasteiger partial charge in [-0.3, -0.25) is 9.59 Å². The predicted molar refractivity (Wildman–Crippen MR) is 87.6 cm³/mol. The summed E-state index contributed by atoms with van der Waals surface area (Å²) < 4.78 is 5.75. The quantitative estimate of drug-likeness (QED) is 0.875. The zero-order valence-electron chi connectivity index (χ0n) is 13.9. The summed E-state index contributed by atoms with van der Waals surface area (Å²) in [5.74, 6) is -0.0996. The number of carbonyl (C=O) groups excluding carboxylic acids is 1. The third-order valence-corrected chi connectivity index (χ3v) is 4.39. The molecular weight excluding hydrogens is 294 g/mol. The number of likely N-dealkylation sites (tertiary alicyclic amines) is 1. The fourth-order valence-electron chi connectivity index (χ4n) is 3.16. The van der Waals surface area contributed by atoms with E-state index in [-0.39, 0.29) is 25.0 Å². The molecule has 5 nitrogen and oxygen atoms in total. The average Bonchev–Trinajstić information content (AvgIpc) is 2.52. The number of aryl methyl sites for hydroxylation is 2. The van der Waals surface area contributed by atoms with E-state index in [1.54, 1.807) is 4.90 Å². The molecule has 1 atom stereocenters. The summed E-state index contributed by atoms with van der Waals surface area (Å²) in [6.07, 6.45) is 3.52. The van der Waals surface area contributed by atoms with Gasteiger partial charge in [-0.05, 0) is 50.7 Å². The third kappa shape index (κ3) is 4.71. The van der Waals surface area contributed by atoms with Gasteiger partial charge in [0.2, 0.25) is 0 Å². The van der Waals surface area contributed by atoms with Gasteiger partial charge in [0.15, 0.2) is 6.61 Å². The Balaban J connectivity index is 1.96. The Morgan fingerprint density at radius 2 is 1.96 bits per heavy atom. The van der Waals surface area contributed by atoms with Crippen LogP contribution in [-0.2, 0) is 9.59 Å². The van der Waals surface area contributed by atoms with Crippen LogP contribution in [-0.4, -0.2) is 41.1 Å². The summed E-state index contributed by atoms with van der Waals surface area (Å²) in [5, 5.41) is 8.85. The Hall–Kier alpha value is -2.04. The molecule has 1 amide bonds. The number of piperidine rings is 1. The SMILES string of the molecule is Cc1cccc(C)c1OCC(=O)N1CCCCC1CCC(=O)O. The minimum Gasteiger partial charge on any atom is -0.483 e. The van der Waals surface area contributed by atoms with Crippen molar-refractivity contribution in [3.63, 3.8) is 0 Å². The Morgan fingerprint density at radius 1 is 1.26 bits per heavy atom. The number of benzene rings is 1. The first-order valence-corrected chi connectivity index (χ1v) is 8.19. The lowest BCUT2D eigenvalue weighted by atomic mass is 9.98. The molecule has 1 aromatic carbocycles. The van der Waals surface area contributed by atoms with Crippen LogP contribution in [0.4, 0.5) is 0 Å². The van der Waals surface area contributed by atoms with Gasteiger partial charge in [-0.1, -0.05) is 18.2 Å². The van der Waals surface area contributed by atoms with Crippen molar-refractivity contribution in [2.24, 2.45) is 0 Å². The first-order chi connectivity index (χ1) is 11.0. The maximum atomic E-state index is 12.5. The molecule has 2 rings (SSSR count). The monoisotopic (exact) mass is 319 g/mol. The number of para-hydroxylation sites is 1. The lowest BCUT2D eigenvalue weighted by molar-refractivity contribution is -0.141. The minimum atomic E-state index is -0.810. The number of amides is 1. The summed E-state index contributed by atoms with van der Waals surface area (Å²) in [4.78, 5) is 25.1. The molecular formula is C18H25NO4. The molecule has 1 aliphatic heterocycles. The molecule has 0 saturated carbocycles. The number of rotatable bonds is 6. The van der Waals surface area contributed by atoms with Crippen molar-refractivity contribution in [2.75, 3.05) is 13.2 Å². The van der Waals surface area contributed by atoms with Crippen molar-refractivity contribution in [1.29, 1.82) is 0 Å². The number of aliphatic carboxylic acids is 1. The second-order valence-corrected chi connectivity index (χ2v) is 6.18. The number of nitrogens with zero attached hydrogens (tertiary/aromatic N) is 1. The Kier molecular flexibility index (Phi) is 6.02. The lowest BCUT2D eigenvalue weighted by Gasteiger charge is -2.35. The molecule has 1 fully saturated rings. The molecule has 0 aromatic heterocycles. The van der Waals surface area contributed by atoms with E-state index in [1.165, 1.54) is 0 Å². The molecule has 1 heterocycles. The molecule has 5 heteroatoms. The molecule has 0 aliphatic carbocycles. The zero-order chi connectivity index (χ0) is 16.8. The van der Waals surface area contributed by atoms with E-state index in [9.17, 15) is 9.59 Å². The minimum absolute atomic E-state index is 0.00919. The van der Waals surface area contributed by atoms with Crippen LogP contribution in [0.2, 0.25) is 0 Å². The van der Waals surface area contributed by atoms with E-state index in [4.69, 9.17) is 9.84 Å². The summed E-state index contributed by atoms with van der Waals surface area (Å²) in [6, 6.07) is 5.91. The second-order valence-electron chi connectivity index (χ2n) is 6.18. The Morgan fingerprint density at radius 3 is 2.61 bits per heavy atom. The lowest BCUT2D eigenvalue weighted by Crippen LogP contribution is -2.46. The van der Waals surface area contributed by atoms with Gasteiger partial charge >= 0.3 is 5.97 Å². The number of carboxylic acid groups (broad SMARTS) is 1. The average molecular weight is 319 g/mol. The molecule has 0 spiro atoms. The Labute approximate surface area is 137 Å². The molecule has 23 heavy (non-hydrogen) atoms. The third-order valence-electron chi connectivity index (χ3n) is 4.39. The number of hydrogen-bond donors (Lipinski definition) is 1. The largest absolute Gasteiger partial charge is 0.483 e. The van der Waals surface area contributed by atoms with Crippen LogP contribution in [0.5, 0.6) is 5.75 Å². The smallest absolute Gasteiger partial charge is 0.303 e. The van der Waals surface area contributed by atoms with Gasteiger partial charge in [-0.2, -0.15) is 0 Å². The molecule has 1 aromatic rings. The van der Waals surface area contributed by atoms with Crippen molar-refractivity contribution in [2.45, 2.75) is 52.0 Å². The van der Waals surface area contributed by atoms with Gasteiger partial charge in [0, 0.05) is 19.0 Å². The van der Waals surface area contributed by atoms with Crippen LogP contribution in [0.15, 0.2) is 18.2 Å². The summed E-state index contributed by atoms with van der Waals surface area (Å²) in [6.45, 7) is 4.63. The molecule has 1 saturated heterocycles. The number of carboxylic acids is 1. The van der Waals surface area contributed by atoms with Crippen LogP contribution in [0.3, 0.4) is 0 Å². The van der Waals surface area contributed by atoms with Gasteiger partial charge in [0.1, 0.15) is 5.75 Å². The van der Waals surface area contributed by atoms with Crippen LogP contribution in [0, 0.1) is 13.8 Å². The molecule has 126 valence electrons. The highest BCUT2D eigenvalue weighted by Gasteiger charge is 2.27. The first kappa shape index (κ1) is 17.3. The fourth-order valence-corrected chi connectivity index (χ4v) is 3.16. The number of carbonyl (C=O) groups is 2. The first-order valence-electron chi connectivity index (χ1n) is 8.19. The molecule has 1 unspecified atom stereocenters.